The van der Waals surface area contributed by atoms with E-state index in [-0.39, 0.29) is 12.1 Å². The zero-order valence-electron chi connectivity index (χ0n) is 13.8. The van der Waals surface area contributed by atoms with Crippen molar-refractivity contribution >= 4 is 0 Å². The molecule has 2 aromatic carbocycles. The first-order valence-electron chi connectivity index (χ1n) is 7.93. The van der Waals surface area contributed by atoms with Crippen molar-refractivity contribution in [1.29, 1.82) is 0 Å². The van der Waals surface area contributed by atoms with Crippen LogP contribution in [0.15, 0.2) is 54.7 Å². The molecule has 1 atom stereocenters. The minimum absolute atomic E-state index is 0.0471. The number of aromatic amines is 1. The van der Waals surface area contributed by atoms with E-state index in [2.05, 4.69) is 15.3 Å². The summed E-state index contributed by atoms with van der Waals surface area (Å²) in [4.78, 5) is 7.49. The van der Waals surface area contributed by atoms with Crippen LogP contribution in [0.4, 0.5) is 8.78 Å². The Hall–Kier alpha value is -2.57. The van der Waals surface area contributed by atoms with Gasteiger partial charge in [0.05, 0.1) is 18.4 Å². The van der Waals surface area contributed by atoms with Gasteiger partial charge < -0.3 is 15.4 Å². The fourth-order valence-electron chi connectivity index (χ4n) is 2.66. The summed E-state index contributed by atoms with van der Waals surface area (Å²) in [5, 5.41) is 13.5. The maximum absolute atomic E-state index is 13.8. The highest BCUT2D eigenvalue weighted by atomic mass is 19.1. The van der Waals surface area contributed by atoms with Crippen molar-refractivity contribution in [3.05, 3.63) is 77.8 Å². The Labute approximate surface area is 144 Å². The van der Waals surface area contributed by atoms with E-state index >= 15 is 0 Å². The smallest absolute Gasteiger partial charge is 0.132 e. The fourth-order valence-corrected chi connectivity index (χ4v) is 2.66. The first-order valence-corrected chi connectivity index (χ1v) is 7.93. The van der Waals surface area contributed by atoms with Gasteiger partial charge in [-0.15, -0.1) is 0 Å². The van der Waals surface area contributed by atoms with Crippen molar-refractivity contribution in [2.24, 2.45) is 0 Å². The van der Waals surface area contributed by atoms with Gasteiger partial charge in [-0.1, -0.05) is 36.4 Å². The molecule has 0 spiro atoms. The number of hydrogen-bond acceptors (Lipinski definition) is 3. The number of nitrogens with one attached hydrogen (secondary N) is 2. The number of nitrogens with zero attached hydrogens (tertiary/aromatic N) is 1. The van der Waals surface area contributed by atoms with Crippen molar-refractivity contribution in [3.63, 3.8) is 0 Å². The highest BCUT2D eigenvalue weighted by Gasteiger charge is 2.26. The molecule has 1 unspecified atom stereocenters. The summed E-state index contributed by atoms with van der Waals surface area (Å²) in [6.07, 6.45) is 1.74. The van der Waals surface area contributed by atoms with E-state index in [9.17, 15) is 13.9 Å². The predicted molar refractivity (Wildman–Crippen MR) is 91.7 cm³/mol. The van der Waals surface area contributed by atoms with Gasteiger partial charge in [0.2, 0.25) is 0 Å². The number of H-pyrrole nitrogens is 1. The SMILES string of the molecule is CC(O)(CNCc1ncc(-c2ccccc2)[nH]1)c1ccc(F)cc1F. The van der Waals surface area contributed by atoms with Gasteiger partial charge in [0.25, 0.3) is 0 Å². The molecule has 1 aromatic heterocycles. The summed E-state index contributed by atoms with van der Waals surface area (Å²) in [5.41, 5.74) is 0.508. The van der Waals surface area contributed by atoms with Crippen LogP contribution in [0.5, 0.6) is 0 Å². The normalized spacial score (nSPS) is 13.6. The molecule has 4 nitrogen and oxygen atoms in total. The van der Waals surface area contributed by atoms with Crippen LogP contribution >= 0.6 is 0 Å². The molecule has 6 heteroatoms. The summed E-state index contributed by atoms with van der Waals surface area (Å²) < 4.78 is 26.8. The Morgan fingerprint density at radius 3 is 2.64 bits per heavy atom. The Morgan fingerprint density at radius 2 is 1.92 bits per heavy atom. The minimum Gasteiger partial charge on any atom is -0.384 e. The van der Waals surface area contributed by atoms with Crippen molar-refractivity contribution in [3.8, 4) is 11.3 Å². The first kappa shape index (κ1) is 17.3. The maximum Gasteiger partial charge on any atom is 0.132 e. The van der Waals surface area contributed by atoms with Gasteiger partial charge >= 0.3 is 0 Å². The summed E-state index contributed by atoms with van der Waals surface area (Å²) >= 11 is 0. The molecule has 3 rings (SSSR count). The van der Waals surface area contributed by atoms with Gasteiger partial charge in [0.1, 0.15) is 23.1 Å². The maximum atomic E-state index is 13.8. The van der Waals surface area contributed by atoms with Gasteiger partial charge in [-0.25, -0.2) is 13.8 Å². The first-order chi connectivity index (χ1) is 12.0. The summed E-state index contributed by atoms with van der Waals surface area (Å²) in [7, 11) is 0. The Bertz CT molecular complexity index is 847. The number of halogens is 2. The predicted octanol–water partition coefficient (Wildman–Crippen LogP) is 3.35. The van der Waals surface area contributed by atoms with E-state index in [0.29, 0.717) is 12.4 Å². The van der Waals surface area contributed by atoms with Crippen LogP contribution in [0.1, 0.15) is 18.3 Å². The molecule has 0 bridgehead atoms. The molecule has 0 aliphatic rings. The number of hydrogen-bond donors (Lipinski definition) is 3. The molecular weight excluding hydrogens is 324 g/mol. The lowest BCUT2D eigenvalue weighted by atomic mass is 9.95. The van der Waals surface area contributed by atoms with Crippen LogP contribution in [0.3, 0.4) is 0 Å². The third-order valence-corrected chi connectivity index (χ3v) is 3.99. The zero-order chi connectivity index (χ0) is 17.9. The van der Waals surface area contributed by atoms with E-state index in [1.54, 1.807) is 6.20 Å². The number of imidazole rings is 1. The van der Waals surface area contributed by atoms with Crippen LogP contribution < -0.4 is 5.32 Å². The second-order valence-corrected chi connectivity index (χ2v) is 6.11. The molecule has 0 amide bonds. The number of benzene rings is 2. The van der Waals surface area contributed by atoms with Gasteiger partial charge in [-0.2, -0.15) is 0 Å². The summed E-state index contributed by atoms with van der Waals surface area (Å²) in [6, 6.07) is 12.9. The molecule has 0 saturated heterocycles. The second kappa shape index (κ2) is 7.13. The molecule has 3 aromatic rings. The standard InChI is InChI=1S/C19H19F2N3O/c1-19(25,15-8-7-14(20)9-16(15)21)12-22-11-18-23-10-17(24-18)13-5-3-2-4-6-13/h2-10,22,25H,11-12H2,1H3,(H,23,24). The molecule has 0 aliphatic heterocycles. The van der Waals surface area contributed by atoms with Crippen molar-refractivity contribution < 1.29 is 13.9 Å². The van der Waals surface area contributed by atoms with E-state index in [1.165, 1.54) is 13.0 Å². The zero-order valence-corrected chi connectivity index (χ0v) is 13.8. The molecule has 3 N–H and O–H groups in total. The average molecular weight is 343 g/mol. The van der Waals surface area contributed by atoms with Crippen LogP contribution in [0.25, 0.3) is 11.3 Å². The average Bonchev–Trinajstić information content (AvgIpc) is 3.04. The molecule has 1 heterocycles. The third-order valence-electron chi connectivity index (χ3n) is 3.99. The molecule has 0 fully saturated rings. The highest BCUT2D eigenvalue weighted by Crippen LogP contribution is 2.23. The van der Waals surface area contributed by atoms with E-state index in [1.807, 2.05) is 30.3 Å². The van der Waals surface area contributed by atoms with Crippen LogP contribution in [0.2, 0.25) is 0 Å². The molecule has 0 radical (unpaired) electrons. The monoisotopic (exact) mass is 343 g/mol. The quantitative estimate of drug-likeness (QED) is 0.643. The minimum atomic E-state index is -1.47. The van der Waals surface area contributed by atoms with Gasteiger partial charge in [-0.05, 0) is 18.6 Å². The fraction of sp³-hybridized carbons (Fsp3) is 0.211. The molecular formula is C19H19F2N3O. The van der Waals surface area contributed by atoms with Crippen LogP contribution in [-0.4, -0.2) is 21.6 Å². The van der Waals surface area contributed by atoms with Crippen LogP contribution in [0, 0.1) is 11.6 Å². The molecule has 25 heavy (non-hydrogen) atoms. The summed E-state index contributed by atoms with van der Waals surface area (Å²) in [6.45, 7) is 1.95. The van der Waals surface area contributed by atoms with Crippen LogP contribution in [-0.2, 0) is 12.1 Å². The third kappa shape index (κ3) is 4.10. The van der Waals surface area contributed by atoms with Crippen molar-refractivity contribution in [2.75, 3.05) is 6.54 Å². The van der Waals surface area contributed by atoms with Gasteiger partial charge in [0.15, 0.2) is 0 Å². The number of aromatic nitrogens is 2. The van der Waals surface area contributed by atoms with E-state index in [4.69, 9.17) is 0 Å². The lowest BCUT2D eigenvalue weighted by molar-refractivity contribution is 0.0527. The van der Waals surface area contributed by atoms with E-state index < -0.39 is 17.2 Å². The topological polar surface area (TPSA) is 60.9 Å². The molecule has 130 valence electrons. The second-order valence-electron chi connectivity index (χ2n) is 6.11. The van der Waals surface area contributed by atoms with Gasteiger partial charge in [-0.3, -0.25) is 0 Å². The number of rotatable bonds is 6. The van der Waals surface area contributed by atoms with E-state index in [0.717, 1.165) is 23.4 Å². The Morgan fingerprint density at radius 1 is 1.16 bits per heavy atom. The largest absolute Gasteiger partial charge is 0.384 e. The Balaban J connectivity index is 1.62. The summed E-state index contributed by atoms with van der Waals surface area (Å²) in [5.74, 6) is -0.737. The lowest BCUT2D eigenvalue weighted by Crippen LogP contribution is -2.36. The van der Waals surface area contributed by atoms with Crippen molar-refractivity contribution in [1.82, 2.24) is 15.3 Å². The molecule has 0 saturated carbocycles. The molecule has 0 aliphatic carbocycles. The lowest BCUT2D eigenvalue weighted by Gasteiger charge is -2.24. The number of aliphatic hydroxyl groups is 1. The van der Waals surface area contributed by atoms with Crippen molar-refractivity contribution in [2.45, 2.75) is 19.1 Å². The van der Waals surface area contributed by atoms with Gasteiger partial charge in [0, 0.05) is 18.2 Å². The highest BCUT2D eigenvalue weighted by molar-refractivity contribution is 5.57. The Kier molecular flexibility index (Phi) is 4.92.